The summed E-state index contributed by atoms with van der Waals surface area (Å²) in [6.45, 7) is 2.68. The molecule has 4 heteroatoms. The van der Waals surface area contributed by atoms with Gasteiger partial charge in [-0.3, -0.25) is 4.79 Å². The molecule has 94 valence electrons. The lowest BCUT2D eigenvalue weighted by Gasteiger charge is -2.13. The van der Waals surface area contributed by atoms with Crippen molar-refractivity contribution < 1.29 is 14.3 Å². The first-order valence-electron chi connectivity index (χ1n) is 5.77. The van der Waals surface area contributed by atoms with Crippen molar-refractivity contribution in [2.75, 3.05) is 6.54 Å². The molecule has 1 aromatic rings. The van der Waals surface area contributed by atoms with E-state index in [-0.39, 0.29) is 18.3 Å². The molecule has 0 heterocycles. The highest BCUT2D eigenvalue weighted by atomic mass is 19.1. The number of hydrogen-bond donors (Lipinski definition) is 2. The van der Waals surface area contributed by atoms with Gasteiger partial charge in [0, 0.05) is 12.5 Å². The number of nitrogens with one attached hydrogen (secondary N) is 1. The Morgan fingerprint density at radius 2 is 2.29 bits per heavy atom. The van der Waals surface area contributed by atoms with Gasteiger partial charge in [0.15, 0.2) is 0 Å². The van der Waals surface area contributed by atoms with Crippen LogP contribution in [0.4, 0.5) is 4.39 Å². The van der Waals surface area contributed by atoms with Crippen LogP contribution in [0.25, 0.3) is 0 Å². The van der Waals surface area contributed by atoms with Crippen LogP contribution < -0.4 is 5.32 Å². The second-order valence-electron chi connectivity index (χ2n) is 4.19. The molecule has 1 rings (SSSR count). The second-order valence-corrected chi connectivity index (χ2v) is 4.19. The van der Waals surface area contributed by atoms with Crippen LogP contribution in [0.2, 0.25) is 0 Å². The van der Waals surface area contributed by atoms with Crippen molar-refractivity contribution in [2.24, 2.45) is 0 Å². The molecule has 1 unspecified atom stereocenters. The molecule has 17 heavy (non-hydrogen) atoms. The predicted octanol–water partition coefficient (Wildman–Crippen LogP) is 2.21. The van der Waals surface area contributed by atoms with Crippen molar-refractivity contribution in [2.45, 2.75) is 32.2 Å². The highest BCUT2D eigenvalue weighted by Gasteiger charge is 2.04. The summed E-state index contributed by atoms with van der Waals surface area (Å²) in [5, 5.41) is 11.7. The summed E-state index contributed by atoms with van der Waals surface area (Å²) in [4.78, 5) is 10.3. The first-order valence-corrected chi connectivity index (χ1v) is 5.77. The van der Waals surface area contributed by atoms with Gasteiger partial charge < -0.3 is 10.4 Å². The first kappa shape index (κ1) is 13.6. The van der Waals surface area contributed by atoms with Gasteiger partial charge in [-0.15, -0.1) is 0 Å². The first-order chi connectivity index (χ1) is 8.08. The number of carboxylic acids is 1. The Balaban J connectivity index is 2.25. The van der Waals surface area contributed by atoms with Crippen LogP contribution in [0.15, 0.2) is 24.3 Å². The van der Waals surface area contributed by atoms with Gasteiger partial charge in [-0.1, -0.05) is 12.1 Å². The average molecular weight is 239 g/mol. The number of rotatable bonds is 7. The number of hydrogen-bond acceptors (Lipinski definition) is 2. The SMILES string of the molecule is CC(Cc1cccc(F)c1)NCCCC(=O)O. The van der Waals surface area contributed by atoms with E-state index in [1.54, 1.807) is 6.07 Å². The molecule has 0 saturated carbocycles. The third kappa shape index (κ3) is 6.02. The molecule has 0 aromatic heterocycles. The number of halogens is 1. The largest absolute Gasteiger partial charge is 0.481 e. The molecule has 2 N–H and O–H groups in total. The lowest BCUT2D eigenvalue weighted by atomic mass is 10.1. The summed E-state index contributed by atoms with van der Waals surface area (Å²) in [5.74, 6) is -0.995. The van der Waals surface area contributed by atoms with Gasteiger partial charge in [-0.2, -0.15) is 0 Å². The van der Waals surface area contributed by atoms with Gasteiger partial charge in [0.2, 0.25) is 0 Å². The van der Waals surface area contributed by atoms with E-state index in [1.807, 2.05) is 13.0 Å². The standard InChI is InChI=1S/C13H18FNO2/c1-10(15-7-3-6-13(16)17)8-11-4-2-5-12(14)9-11/h2,4-5,9-10,15H,3,6-8H2,1H3,(H,16,17). The Morgan fingerprint density at radius 1 is 1.53 bits per heavy atom. The van der Waals surface area contributed by atoms with E-state index >= 15 is 0 Å². The molecule has 0 bridgehead atoms. The van der Waals surface area contributed by atoms with E-state index in [9.17, 15) is 9.18 Å². The van der Waals surface area contributed by atoms with Gasteiger partial charge in [-0.25, -0.2) is 4.39 Å². The molecule has 3 nitrogen and oxygen atoms in total. The van der Waals surface area contributed by atoms with Crippen LogP contribution in [0.3, 0.4) is 0 Å². The van der Waals surface area contributed by atoms with E-state index in [2.05, 4.69) is 5.32 Å². The Kier molecular flexibility index (Phi) is 5.63. The molecule has 1 atom stereocenters. The Hall–Kier alpha value is -1.42. The van der Waals surface area contributed by atoms with Crippen LogP contribution >= 0.6 is 0 Å². The quantitative estimate of drug-likeness (QED) is 0.717. The molecular formula is C13H18FNO2. The minimum Gasteiger partial charge on any atom is -0.481 e. The molecule has 0 spiro atoms. The number of aliphatic carboxylic acids is 1. The number of benzene rings is 1. The topological polar surface area (TPSA) is 49.3 Å². The van der Waals surface area contributed by atoms with Gasteiger partial charge in [-0.05, 0) is 44.0 Å². The highest BCUT2D eigenvalue weighted by molar-refractivity contribution is 5.66. The predicted molar refractivity (Wildman–Crippen MR) is 64.4 cm³/mol. The summed E-state index contributed by atoms with van der Waals surface area (Å²) in [6.07, 6.45) is 1.54. The van der Waals surface area contributed by atoms with Crippen LogP contribution in [0.5, 0.6) is 0 Å². The molecule has 1 aromatic carbocycles. The summed E-state index contributed by atoms with van der Waals surface area (Å²) < 4.78 is 12.9. The van der Waals surface area contributed by atoms with Gasteiger partial charge >= 0.3 is 5.97 Å². The highest BCUT2D eigenvalue weighted by Crippen LogP contribution is 2.06. The lowest BCUT2D eigenvalue weighted by Crippen LogP contribution is -2.29. The third-order valence-electron chi connectivity index (χ3n) is 2.49. The average Bonchev–Trinajstić information content (AvgIpc) is 2.24. The molecule has 0 aliphatic rings. The van der Waals surface area contributed by atoms with Crippen LogP contribution in [-0.2, 0) is 11.2 Å². The summed E-state index contributed by atoms with van der Waals surface area (Å²) in [7, 11) is 0. The zero-order valence-corrected chi connectivity index (χ0v) is 9.95. The zero-order chi connectivity index (χ0) is 12.7. The summed E-state index contributed by atoms with van der Waals surface area (Å²) in [5.41, 5.74) is 0.947. The molecular weight excluding hydrogens is 221 g/mol. The van der Waals surface area contributed by atoms with Crippen molar-refractivity contribution >= 4 is 5.97 Å². The van der Waals surface area contributed by atoms with E-state index in [4.69, 9.17) is 5.11 Å². The maximum atomic E-state index is 12.9. The van der Waals surface area contributed by atoms with E-state index in [0.29, 0.717) is 13.0 Å². The summed E-state index contributed by atoms with van der Waals surface area (Å²) in [6, 6.07) is 6.75. The van der Waals surface area contributed by atoms with Gasteiger partial charge in [0.05, 0.1) is 0 Å². The maximum Gasteiger partial charge on any atom is 0.303 e. The van der Waals surface area contributed by atoms with Crippen LogP contribution in [0.1, 0.15) is 25.3 Å². The van der Waals surface area contributed by atoms with Crippen molar-refractivity contribution in [3.05, 3.63) is 35.6 Å². The van der Waals surface area contributed by atoms with E-state index < -0.39 is 5.97 Å². The zero-order valence-electron chi connectivity index (χ0n) is 9.95. The fourth-order valence-corrected chi connectivity index (χ4v) is 1.68. The van der Waals surface area contributed by atoms with Crippen molar-refractivity contribution in [3.63, 3.8) is 0 Å². The third-order valence-corrected chi connectivity index (χ3v) is 2.49. The second kappa shape index (κ2) is 7.01. The summed E-state index contributed by atoms with van der Waals surface area (Å²) >= 11 is 0. The normalized spacial score (nSPS) is 12.4. The fraction of sp³-hybridized carbons (Fsp3) is 0.462. The van der Waals surface area contributed by atoms with Crippen molar-refractivity contribution in [3.8, 4) is 0 Å². The maximum absolute atomic E-state index is 12.9. The van der Waals surface area contributed by atoms with Crippen molar-refractivity contribution in [1.29, 1.82) is 0 Å². The minimum absolute atomic E-state index is 0.180. The minimum atomic E-state index is -0.774. The molecule has 0 amide bonds. The Labute approximate surface area is 101 Å². The van der Waals surface area contributed by atoms with E-state index in [1.165, 1.54) is 12.1 Å². The number of carboxylic acid groups (broad SMARTS) is 1. The molecule has 0 fully saturated rings. The fourth-order valence-electron chi connectivity index (χ4n) is 1.68. The molecule has 0 radical (unpaired) electrons. The molecule has 0 aliphatic carbocycles. The van der Waals surface area contributed by atoms with E-state index in [0.717, 1.165) is 12.0 Å². The van der Waals surface area contributed by atoms with Gasteiger partial charge in [0.1, 0.15) is 5.82 Å². The van der Waals surface area contributed by atoms with Gasteiger partial charge in [0.25, 0.3) is 0 Å². The van der Waals surface area contributed by atoms with Crippen molar-refractivity contribution in [1.82, 2.24) is 5.32 Å². The molecule has 0 saturated heterocycles. The Bertz CT molecular complexity index is 368. The smallest absolute Gasteiger partial charge is 0.303 e. The number of carbonyl (C=O) groups is 1. The lowest BCUT2D eigenvalue weighted by molar-refractivity contribution is -0.137. The van der Waals surface area contributed by atoms with Crippen LogP contribution in [0, 0.1) is 5.82 Å². The van der Waals surface area contributed by atoms with Crippen LogP contribution in [-0.4, -0.2) is 23.7 Å². The monoisotopic (exact) mass is 239 g/mol. The Morgan fingerprint density at radius 3 is 2.94 bits per heavy atom. The molecule has 0 aliphatic heterocycles.